The van der Waals surface area contributed by atoms with Gasteiger partial charge in [-0.05, 0) is 40.7 Å². The second kappa shape index (κ2) is 10.4. The van der Waals surface area contributed by atoms with Crippen molar-refractivity contribution >= 4 is 29.6 Å². The Balaban J connectivity index is 1.61. The number of nitrogens with one attached hydrogen (secondary N) is 1. The van der Waals surface area contributed by atoms with Crippen molar-refractivity contribution in [3.8, 4) is 0 Å². The molecule has 2 aromatic carbocycles. The van der Waals surface area contributed by atoms with E-state index in [1.807, 2.05) is 24.3 Å². The summed E-state index contributed by atoms with van der Waals surface area (Å²) in [4.78, 5) is 23.7. The predicted octanol–water partition coefficient (Wildman–Crippen LogP) is 4.84. The van der Waals surface area contributed by atoms with Crippen LogP contribution in [0.4, 0.5) is 0 Å². The average Bonchev–Trinajstić information content (AvgIpc) is 2.90. The van der Waals surface area contributed by atoms with E-state index in [9.17, 15) is 9.59 Å². The van der Waals surface area contributed by atoms with E-state index in [0.717, 1.165) is 53.5 Å². The van der Waals surface area contributed by atoms with E-state index in [2.05, 4.69) is 46.5 Å². The van der Waals surface area contributed by atoms with Crippen LogP contribution >= 0.6 is 0 Å². The highest BCUT2D eigenvalue weighted by molar-refractivity contribution is 6.03. The van der Waals surface area contributed by atoms with Crippen molar-refractivity contribution in [3.63, 3.8) is 0 Å². The topological polar surface area (TPSA) is 55.4 Å². The van der Waals surface area contributed by atoms with Crippen molar-refractivity contribution in [1.82, 2.24) is 5.32 Å². The van der Waals surface area contributed by atoms with E-state index < -0.39 is 0 Å². The standard InChI is InChI=1S/C25H27NO3/c1-29-25(28)14-4-2-3-9-17-26-24(27)18-23-21-12-7-5-10-19(21)15-16-20-11-6-8-13-22(20)23/h5-8,10-13,15-16,18H,2-4,9,14,17H2,1H3,(H,26,27). The zero-order chi connectivity index (χ0) is 20.5. The van der Waals surface area contributed by atoms with Gasteiger partial charge in [-0.2, -0.15) is 0 Å². The molecular formula is C25H27NO3. The molecule has 4 heteroatoms. The molecule has 0 atom stereocenters. The predicted molar refractivity (Wildman–Crippen MR) is 117 cm³/mol. The summed E-state index contributed by atoms with van der Waals surface area (Å²) in [6.45, 7) is 0.627. The van der Waals surface area contributed by atoms with E-state index in [0.29, 0.717) is 13.0 Å². The summed E-state index contributed by atoms with van der Waals surface area (Å²) >= 11 is 0. The summed E-state index contributed by atoms with van der Waals surface area (Å²) in [6.07, 6.45) is 10.0. The Morgan fingerprint density at radius 1 is 0.862 bits per heavy atom. The fourth-order valence-electron chi connectivity index (χ4n) is 3.50. The van der Waals surface area contributed by atoms with E-state index in [-0.39, 0.29) is 11.9 Å². The molecule has 1 amide bonds. The molecule has 1 aliphatic carbocycles. The normalized spacial score (nSPS) is 11.8. The molecular weight excluding hydrogens is 362 g/mol. The van der Waals surface area contributed by atoms with Crippen LogP contribution in [0.15, 0.2) is 54.6 Å². The number of amides is 1. The van der Waals surface area contributed by atoms with Gasteiger partial charge in [-0.3, -0.25) is 9.59 Å². The maximum atomic E-state index is 12.6. The number of hydrogen-bond donors (Lipinski definition) is 1. The summed E-state index contributed by atoms with van der Waals surface area (Å²) in [5, 5.41) is 3.00. The lowest BCUT2D eigenvalue weighted by molar-refractivity contribution is -0.140. The number of unbranched alkanes of at least 4 members (excludes halogenated alkanes) is 3. The fourth-order valence-corrected chi connectivity index (χ4v) is 3.50. The molecule has 0 unspecified atom stereocenters. The van der Waals surface area contributed by atoms with Crippen LogP contribution in [0.5, 0.6) is 0 Å². The van der Waals surface area contributed by atoms with Crippen LogP contribution in [-0.2, 0) is 14.3 Å². The quantitative estimate of drug-likeness (QED) is 0.341. The zero-order valence-electron chi connectivity index (χ0n) is 16.8. The molecule has 29 heavy (non-hydrogen) atoms. The molecule has 0 heterocycles. The van der Waals surface area contributed by atoms with Gasteiger partial charge in [0.1, 0.15) is 0 Å². The number of hydrogen-bond acceptors (Lipinski definition) is 3. The maximum absolute atomic E-state index is 12.6. The van der Waals surface area contributed by atoms with Gasteiger partial charge in [0.25, 0.3) is 0 Å². The Bertz CT molecular complexity index is 876. The smallest absolute Gasteiger partial charge is 0.305 e. The molecule has 3 rings (SSSR count). The third kappa shape index (κ3) is 5.67. The van der Waals surface area contributed by atoms with E-state index in [4.69, 9.17) is 0 Å². The first kappa shape index (κ1) is 20.6. The number of carbonyl (C=O) groups is 2. The van der Waals surface area contributed by atoms with E-state index in [1.54, 1.807) is 6.08 Å². The third-order valence-electron chi connectivity index (χ3n) is 5.05. The molecule has 1 aliphatic rings. The third-order valence-corrected chi connectivity index (χ3v) is 5.05. The van der Waals surface area contributed by atoms with Gasteiger partial charge < -0.3 is 10.1 Å². The summed E-state index contributed by atoms with van der Waals surface area (Å²) in [5.41, 5.74) is 5.27. The van der Waals surface area contributed by atoms with Crippen molar-refractivity contribution in [3.05, 3.63) is 76.9 Å². The first-order valence-corrected chi connectivity index (χ1v) is 10.1. The molecule has 1 N–H and O–H groups in total. The van der Waals surface area contributed by atoms with Crippen molar-refractivity contribution in [1.29, 1.82) is 0 Å². The number of esters is 1. The van der Waals surface area contributed by atoms with Crippen molar-refractivity contribution in [2.75, 3.05) is 13.7 Å². The lowest BCUT2D eigenvalue weighted by Crippen LogP contribution is -2.22. The van der Waals surface area contributed by atoms with Crippen LogP contribution in [0.2, 0.25) is 0 Å². The Morgan fingerprint density at radius 2 is 1.45 bits per heavy atom. The second-order valence-electron chi connectivity index (χ2n) is 7.10. The Hall–Kier alpha value is -3.14. The van der Waals surface area contributed by atoms with Gasteiger partial charge in [0.15, 0.2) is 0 Å². The highest BCUT2D eigenvalue weighted by Crippen LogP contribution is 2.33. The fraction of sp³-hybridized carbons (Fsp3) is 0.280. The van der Waals surface area contributed by atoms with Crippen molar-refractivity contribution in [2.24, 2.45) is 0 Å². The molecule has 0 aliphatic heterocycles. The molecule has 0 saturated carbocycles. The van der Waals surface area contributed by atoms with Gasteiger partial charge in [0.2, 0.25) is 5.91 Å². The molecule has 4 nitrogen and oxygen atoms in total. The second-order valence-corrected chi connectivity index (χ2v) is 7.10. The van der Waals surface area contributed by atoms with Crippen LogP contribution in [-0.4, -0.2) is 25.5 Å². The number of benzene rings is 2. The number of fused-ring (bicyclic) bond motifs is 2. The van der Waals surface area contributed by atoms with Gasteiger partial charge >= 0.3 is 5.97 Å². The van der Waals surface area contributed by atoms with Crippen LogP contribution in [0.1, 0.15) is 54.4 Å². The number of rotatable bonds is 8. The lowest BCUT2D eigenvalue weighted by Gasteiger charge is -2.12. The van der Waals surface area contributed by atoms with E-state index in [1.165, 1.54) is 7.11 Å². The summed E-state index contributed by atoms with van der Waals surface area (Å²) in [5.74, 6) is -0.246. The Kier molecular flexibility index (Phi) is 7.40. The van der Waals surface area contributed by atoms with Crippen LogP contribution < -0.4 is 5.32 Å². The lowest BCUT2D eigenvalue weighted by atomic mass is 9.93. The summed E-state index contributed by atoms with van der Waals surface area (Å²) in [6, 6.07) is 16.3. The van der Waals surface area contributed by atoms with Crippen LogP contribution in [0.3, 0.4) is 0 Å². The van der Waals surface area contributed by atoms with Crippen molar-refractivity contribution < 1.29 is 14.3 Å². The SMILES string of the molecule is COC(=O)CCCCCCNC(=O)C=C1c2ccccc2C=Cc2ccccc21. The molecule has 0 aromatic heterocycles. The molecule has 0 spiro atoms. The first-order chi connectivity index (χ1) is 14.2. The highest BCUT2D eigenvalue weighted by atomic mass is 16.5. The average molecular weight is 389 g/mol. The number of methoxy groups -OCH3 is 1. The molecule has 0 radical (unpaired) electrons. The Labute approximate surface area is 172 Å². The maximum Gasteiger partial charge on any atom is 0.305 e. The summed E-state index contributed by atoms with van der Waals surface area (Å²) in [7, 11) is 1.41. The van der Waals surface area contributed by atoms with Crippen molar-refractivity contribution in [2.45, 2.75) is 32.1 Å². The van der Waals surface area contributed by atoms with Crippen LogP contribution in [0.25, 0.3) is 17.7 Å². The van der Waals surface area contributed by atoms with Gasteiger partial charge in [0, 0.05) is 19.0 Å². The van der Waals surface area contributed by atoms with Crippen LogP contribution in [0, 0.1) is 0 Å². The number of ether oxygens (including phenoxy) is 1. The monoisotopic (exact) mass is 389 g/mol. The highest BCUT2D eigenvalue weighted by Gasteiger charge is 2.15. The Morgan fingerprint density at radius 3 is 2.07 bits per heavy atom. The first-order valence-electron chi connectivity index (χ1n) is 10.1. The number of carbonyl (C=O) groups excluding carboxylic acids is 2. The molecule has 0 bridgehead atoms. The van der Waals surface area contributed by atoms with E-state index >= 15 is 0 Å². The minimum Gasteiger partial charge on any atom is -0.469 e. The molecule has 0 fully saturated rings. The van der Waals surface area contributed by atoms with Gasteiger partial charge in [0.05, 0.1) is 7.11 Å². The minimum atomic E-state index is -0.164. The largest absolute Gasteiger partial charge is 0.469 e. The van der Waals surface area contributed by atoms with Gasteiger partial charge in [-0.25, -0.2) is 0 Å². The zero-order valence-corrected chi connectivity index (χ0v) is 16.8. The summed E-state index contributed by atoms with van der Waals surface area (Å²) < 4.78 is 4.63. The molecule has 0 saturated heterocycles. The molecule has 2 aromatic rings. The molecule has 150 valence electrons. The van der Waals surface area contributed by atoms with Gasteiger partial charge in [-0.1, -0.05) is 73.5 Å². The minimum absolute atomic E-state index is 0.0823. The van der Waals surface area contributed by atoms with Gasteiger partial charge in [-0.15, -0.1) is 0 Å².